The summed E-state index contributed by atoms with van der Waals surface area (Å²) >= 11 is 1.35. The molecule has 0 fully saturated rings. The molecule has 0 saturated heterocycles. The second-order valence-electron chi connectivity index (χ2n) is 3.12. The summed E-state index contributed by atoms with van der Waals surface area (Å²) < 4.78 is 6.32. The van der Waals surface area contributed by atoms with Crippen molar-refractivity contribution >= 4 is 38.3 Å². The molecule has 0 aliphatic heterocycles. The van der Waals surface area contributed by atoms with Crippen LogP contribution in [-0.4, -0.2) is 5.11 Å². The smallest absolute Gasteiger partial charge is 0.191 e. The van der Waals surface area contributed by atoms with Gasteiger partial charge in [0.25, 0.3) is 0 Å². The minimum Gasteiger partial charge on any atom is -0.499 e. The summed E-state index contributed by atoms with van der Waals surface area (Å²) in [5.41, 5.74) is 6.32. The molecule has 2 aromatic heterocycles. The van der Waals surface area contributed by atoms with Crippen LogP contribution in [0.15, 0.2) is 28.7 Å². The van der Waals surface area contributed by atoms with E-state index < -0.39 is 0 Å². The van der Waals surface area contributed by atoms with Gasteiger partial charge in [0.15, 0.2) is 10.9 Å². The van der Waals surface area contributed by atoms with Crippen molar-refractivity contribution in [2.24, 2.45) is 0 Å². The molecule has 4 heteroatoms. The Balaban J connectivity index is 2.58. The molecule has 3 N–H and O–H groups in total. The van der Waals surface area contributed by atoms with Gasteiger partial charge >= 0.3 is 0 Å². The highest BCUT2D eigenvalue weighted by atomic mass is 32.1. The molecular formula is C10H7NO2S. The zero-order chi connectivity index (χ0) is 9.71. The normalized spacial score (nSPS) is 11.4. The SMILES string of the molecule is Nc1cc2c(ccc3sc(O)cc32)o1. The number of aromatic hydroxyl groups is 1. The van der Waals surface area contributed by atoms with E-state index >= 15 is 0 Å². The lowest BCUT2D eigenvalue weighted by atomic mass is 10.2. The first-order valence-corrected chi connectivity index (χ1v) is 4.96. The van der Waals surface area contributed by atoms with E-state index in [4.69, 9.17) is 10.2 Å². The molecule has 0 atom stereocenters. The number of anilines is 1. The first kappa shape index (κ1) is 7.70. The van der Waals surface area contributed by atoms with Gasteiger partial charge in [0.05, 0.1) is 0 Å². The van der Waals surface area contributed by atoms with Crippen LogP contribution in [-0.2, 0) is 0 Å². The number of hydrogen-bond acceptors (Lipinski definition) is 4. The van der Waals surface area contributed by atoms with Crippen LogP contribution >= 0.6 is 11.3 Å². The summed E-state index contributed by atoms with van der Waals surface area (Å²) in [5, 5.41) is 11.6. The maximum absolute atomic E-state index is 9.38. The standard InChI is InChI=1S/C10H7NO2S/c11-9-3-5-6-4-10(12)14-8(6)2-1-7(5)13-9/h1-4,12H,11H2. The maximum atomic E-state index is 9.38. The van der Waals surface area contributed by atoms with Crippen LogP contribution < -0.4 is 5.73 Å². The van der Waals surface area contributed by atoms with E-state index in [2.05, 4.69) is 0 Å². The van der Waals surface area contributed by atoms with Crippen LogP contribution in [0.25, 0.3) is 21.1 Å². The van der Waals surface area contributed by atoms with E-state index in [-0.39, 0.29) is 0 Å². The number of furan rings is 1. The molecule has 0 spiro atoms. The number of thiophene rings is 1. The third-order valence-electron chi connectivity index (χ3n) is 2.20. The maximum Gasteiger partial charge on any atom is 0.191 e. The predicted molar refractivity (Wildman–Crippen MR) is 57.7 cm³/mol. The van der Waals surface area contributed by atoms with Crippen molar-refractivity contribution in [1.82, 2.24) is 0 Å². The Morgan fingerprint density at radius 3 is 2.93 bits per heavy atom. The van der Waals surface area contributed by atoms with Crippen LogP contribution in [0.1, 0.15) is 0 Å². The lowest BCUT2D eigenvalue weighted by molar-refractivity contribution is 0.491. The number of nitrogens with two attached hydrogens (primary N) is 1. The van der Waals surface area contributed by atoms with E-state index in [1.807, 2.05) is 12.1 Å². The molecule has 14 heavy (non-hydrogen) atoms. The molecule has 3 rings (SSSR count). The van der Waals surface area contributed by atoms with Gasteiger partial charge in [0, 0.05) is 27.6 Å². The minimum atomic E-state index is 0.312. The fourth-order valence-electron chi connectivity index (χ4n) is 1.64. The van der Waals surface area contributed by atoms with E-state index in [0.29, 0.717) is 10.9 Å². The molecule has 0 amide bonds. The lowest BCUT2D eigenvalue weighted by Crippen LogP contribution is -1.75. The number of benzene rings is 1. The number of fused-ring (bicyclic) bond motifs is 3. The fraction of sp³-hybridized carbons (Fsp3) is 0. The van der Waals surface area contributed by atoms with Crippen molar-refractivity contribution in [2.45, 2.75) is 0 Å². The third kappa shape index (κ3) is 0.914. The van der Waals surface area contributed by atoms with Crippen LogP contribution in [0, 0.1) is 0 Å². The van der Waals surface area contributed by atoms with E-state index in [0.717, 1.165) is 21.1 Å². The van der Waals surface area contributed by atoms with Crippen molar-refractivity contribution in [3.8, 4) is 5.06 Å². The van der Waals surface area contributed by atoms with Gasteiger partial charge in [-0.05, 0) is 12.1 Å². The van der Waals surface area contributed by atoms with Crippen LogP contribution in [0.5, 0.6) is 5.06 Å². The highest BCUT2D eigenvalue weighted by Gasteiger charge is 2.08. The van der Waals surface area contributed by atoms with Crippen molar-refractivity contribution in [3.63, 3.8) is 0 Å². The summed E-state index contributed by atoms with van der Waals surface area (Å²) in [6.07, 6.45) is 0. The van der Waals surface area contributed by atoms with Gasteiger partial charge < -0.3 is 15.3 Å². The molecule has 2 heterocycles. The Morgan fingerprint density at radius 1 is 1.21 bits per heavy atom. The topological polar surface area (TPSA) is 59.4 Å². The molecule has 70 valence electrons. The van der Waals surface area contributed by atoms with Gasteiger partial charge in [-0.3, -0.25) is 0 Å². The first-order chi connectivity index (χ1) is 6.74. The Labute approximate surface area is 83.4 Å². The summed E-state index contributed by atoms with van der Waals surface area (Å²) in [4.78, 5) is 0. The Morgan fingerprint density at radius 2 is 2.07 bits per heavy atom. The van der Waals surface area contributed by atoms with Gasteiger partial charge in [-0.1, -0.05) is 11.3 Å². The predicted octanol–water partition coefficient (Wildman–Crippen LogP) is 2.94. The molecule has 3 nitrogen and oxygen atoms in total. The average Bonchev–Trinajstić information content (AvgIpc) is 2.65. The molecule has 3 aromatic rings. The second-order valence-corrected chi connectivity index (χ2v) is 4.18. The highest BCUT2D eigenvalue weighted by molar-refractivity contribution is 7.20. The monoisotopic (exact) mass is 205 g/mol. The Hall–Kier alpha value is -1.68. The first-order valence-electron chi connectivity index (χ1n) is 4.14. The number of nitrogen functional groups attached to an aromatic ring is 1. The van der Waals surface area contributed by atoms with Crippen molar-refractivity contribution in [1.29, 1.82) is 0 Å². The third-order valence-corrected chi connectivity index (χ3v) is 3.11. The summed E-state index contributed by atoms with van der Waals surface area (Å²) in [5.74, 6) is 0.401. The van der Waals surface area contributed by atoms with Crippen molar-refractivity contribution in [2.75, 3.05) is 5.73 Å². The molecule has 0 bridgehead atoms. The average molecular weight is 205 g/mol. The van der Waals surface area contributed by atoms with E-state index in [1.165, 1.54) is 11.3 Å². The quantitative estimate of drug-likeness (QED) is 0.593. The zero-order valence-corrected chi connectivity index (χ0v) is 7.97. The van der Waals surface area contributed by atoms with Gasteiger partial charge in [-0.2, -0.15) is 0 Å². The Bertz CT molecular complexity index is 568. The molecular weight excluding hydrogens is 198 g/mol. The molecule has 0 saturated carbocycles. The van der Waals surface area contributed by atoms with Gasteiger partial charge in [0.2, 0.25) is 0 Å². The van der Waals surface area contributed by atoms with Crippen LogP contribution in [0.4, 0.5) is 5.88 Å². The fourth-order valence-corrected chi connectivity index (χ4v) is 2.45. The largest absolute Gasteiger partial charge is 0.499 e. The second kappa shape index (κ2) is 2.42. The molecule has 1 aromatic carbocycles. The van der Waals surface area contributed by atoms with E-state index in [1.54, 1.807) is 12.1 Å². The molecule has 0 aliphatic rings. The molecule has 0 unspecified atom stereocenters. The summed E-state index contributed by atoms with van der Waals surface area (Å²) in [6, 6.07) is 7.30. The van der Waals surface area contributed by atoms with Crippen LogP contribution in [0.3, 0.4) is 0 Å². The number of hydrogen-bond donors (Lipinski definition) is 2. The highest BCUT2D eigenvalue weighted by Crippen LogP contribution is 2.36. The van der Waals surface area contributed by atoms with Gasteiger partial charge in [-0.25, -0.2) is 0 Å². The molecule has 0 radical (unpaired) electrons. The van der Waals surface area contributed by atoms with Crippen molar-refractivity contribution < 1.29 is 9.52 Å². The lowest BCUT2D eigenvalue weighted by Gasteiger charge is -1.88. The minimum absolute atomic E-state index is 0.312. The van der Waals surface area contributed by atoms with Gasteiger partial charge in [0.1, 0.15) is 5.58 Å². The zero-order valence-electron chi connectivity index (χ0n) is 7.15. The van der Waals surface area contributed by atoms with Gasteiger partial charge in [-0.15, -0.1) is 0 Å². The summed E-state index contributed by atoms with van der Waals surface area (Å²) in [6.45, 7) is 0. The van der Waals surface area contributed by atoms with Crippen LogP contribution in [0.2, 0.25) is 0 Å². The molecule has 0 aliphatic carbocycles. The Kier molecular flexibility index (Phi) is 1.33. The number of rotatable bonds is 0. The van der Waals surface area contributed by atoms with E-state index in [9.17, 15) is 5.11 Å². The van der Waals surface area contributed by atoms with Crippen molar-refractivity contribution in [3.05, 3.63) is 24.3 Å². The summed E-state index contributed by atoms with van der Waals surface area (Å²) in [7, 11) is 0.